The van der Waals surface area contributed by atoms with Crippen LogP contribution in [0.25, 0.3) is 10.9 Å². The first-order valence-corrected chi connectivity index (χ1v) is 11.3. The third kappa shape index (κ3) is 4.28. The molecule has 0 amide bonds. The van der Waals surface area contributed by atoms with E-state index in [9.17, 15) is 4.79 Å². The van der Waals surface area contributed by atoms with Crippen molar-refractivity contribution in [3.63, 3.8) is 0 Å². The van der Waals surface area contributed by atoms with Crippen LogP contribution in [0.3, 0.4) is 0 Å². The standard InChI is InChI=1S/C23H38N4O/c1-6-11-19-20-17(4)22(24-23(28)21(20)26(5)25-19)27(14-16(3)7-2)15-18-12-9-8-10-13-18/h16,18H,6-15H2,1-5H3,(H,24,28). The second kappa shape index (κ2) is 9.15. The monoisotopic (exact) mass is 386 g/mol. The molecule has 1 N–H and O–H groups in total. The number of hydrogen-bond acceptors (Lipinski definition) is 3. The molecule has 0 bridgehead atoms. The molecule has 2 aromatic rings. The molecule has 156 valence electrons. The molecule has 28 heavy (non-hydrogen) atoms. The fourth-order valence-electron chi connectivity index (χ4n) is 4.78. The lowest BCUT2D eigenvalue weighted by atomic mass is 9.88. The molecule has 1 fully saturated rings. The largest absolute Gasteiger partial charge is 0.357 e. The fraction of sp³-hybridized carbons (Fsp3) is 0.739. The van der Waals surface area contributed by atoms with Gasteiger partial charge in [0.05, 0.1) is 5.69 Å². The molecule has 1 aliphatic rings. The Morgan fingerprint density at radius 2 is 1.96 bits per heavy atom. The van der Waals surface area contributed by atoms with E-state index in [1.54, 1.807) is 4.68 Å². The molecule has 1 saturated carbocycles. The van der Waals surface area contributed by atoms with Crippen LogP contribution in [0.15, 0.2) is 4.79 Å². The van der Waals surface area contributed by atoms with Crippen molar-refractivity contribution in [3.8, 4) is 0 Å². The van der Waals surface area contributed by atoms with E-state index >= 15 is 0 Å². The third-order valence-electron chi connectivity index (χ3n) is 6.53. The summed E-state index contributed by atoms with van der Waals surface area (Å²) in [5, 5.41) is 5.74. The smallest absolute Gasteiger partial charge is 0.275 e. The van der Waals surface area contributed by atoms with Gasteiger partial charge in [-0.05, 0) is 38.0 Å². The van der Waals surface area contributed by atoms with Gasteiger partial charge in [0.1, 0.15) is 11.3 Å². The van der Waals surface area contributed by atoms with Crippen LogP contribution < -0.4 is 10.5 Å². The van der Waals surface area contributed by atoms with Gasteiger partial charge in [-0.25, -0.2) is 0 Å². The van der Waals surface area contributed by atoms with Crippen LogP contribution in [0.4, 0.5) is 5.82 Å². The quantitative estimate of drug-likeness (QED) is 0.698. The summed E-state index contributed by atoms with van der Waals surface area (Å²) in [4.78, 5) is 18.7. The predicted molar refractivity (Wildman–Crippen MR) is 118 cm³/mol. The van der Waals surface area contributed by atoms with E-state index in [4.69, 9.17) is 0 Å². The van der Waals surface area contributed by atoms with E-state index < -0.39 is 0 Å². The Balaban J connectivity index is 2.06. The van der Waals surface area contributed by atoms with Gasteiger partial charge in [0.2, 0.25) is 0 Å². The molecule has 2 heterocycles. The van der Waals surface area contributed by atoms with Gasteiger partial charge >= 0.3 is 0 Å². The minimum Gasteiger partial charge on any atom is -0.357 e. The maximum Gasteiger partial charge on any atom is 0.275 e. The number of rotatable bonds is 8. The van der Waals surface area contributed by atoms with Crippen molar-refractivity contribution >= 4 is 16.7 Å². The molecule has 2 aromatic heterocycles. The number of anilines is 1. The van der Waals surface area contributed by atoms with Crippen molar-refractivity contribution in [2.45, 2.75) is 79.1 Å². The van der Waals surface area contributed by atoms with Gasteiger partial charge in [0.15, 0.2) is 0 Å². The van der Waals surface area contributed by atoms with Gasteiger partial charge in [-0.2, -0.15) is 5.10 Å². The molecule has 1 aliphatic carbocycles. The van der Waals surface area contributed by atoms with Gasteiger partial charge in [0.25, 0.3) is 5.56 Å². The lowest BCUT2D eigenvalue weighted by molar-refractivity contribution is 0.351. The van der Waals surface area contributed by atoms with Crippen LogP contribution in [-0.4, -0.2) is 27.9 Å². The Kier molecular flexibility index (Phi) is 6.84. The highest BCUT2D eigenvalue weighted by atomic mass is 16.1. The number of aromatic amines is 1. The Bertz CT molecular complexity index is 844. The van der Waals surface area contributed by atoms with Crippen LogP contribution >= 0.6 is 0 Å². The summed E-state index contributed by atoms with van der Waals surface area (Å²) in [5.74, 6) is 2.36. The summed E-state index contributed by atoms with van der Waals surface area (Å²) in [6.07, 6.45) is 9.80. The number of pyridine rings is 1. The number of hydrogen-bond donors (Lipinski definition) is 1. The van der Waals surface area contributed by atoms with Crippen LogP contribution in [0.5, 0.6) is 0 Å². The van der Waals surface area contributed by atoms with Crippen molar-refractivity contribution < 1.29 is 0 Å². The van der Waals surface area contributed by atoms with Gasteiger partial charge in [-0.3, -0.25) is 9.48 Å². The van der Waals surface area contributed by atoms with Crippen molar-refractivity contribution in [1.29, 1.82) is 0 Å². The van der Waals surface area contributed by atoms with Crippen LogP contribution in [0.1, 0.15) is 77.0 Å². The van der Waals surface area contributed by atoms with Crippen molar-refractivity contribution in [2.24, 2.45) is 18.9 Å². The average molecular weight is 387 g/mol. The molecule has 1 unspecified atom stereocenters. The zero-order valence-electron chi connectivity index (χ0n) is 18.5. The third-order valence-corrected chi connectivity index (χ3v) is 6.53. The second-order valence-electron chi connectivity index (χ2n) is 8.89. The molecule has 0 aromatic carbocycles. The summed E-state index contributed by atoms with van der Waals surface area (Å²) < 4.78 is 1.76. The second-order valence-corrected chi connectivity index (χ2v) is 8.89. The molecule has 0 radical (unpaired) electrons. The van der Waals surface area contributed by atoms with Crippen LogP contribution in [-0.2, 0) is 13.5 Å². The van der Waals surface area contributed by atoms with Crippen molar-refractivity contribution in [1.82, 2.24) is 14.8 Å². The topological polar surface area (TPSA) is 53.9 Å². The van der Waals surface area contributed by atoms with E-state index in [0.29, 0.717) is 11.4 Å². The summed E-state index contributed by atoms with van der Waals surface area (Å²) in [6, 6.07) is 0. The summed E-state index contributed by atoms with van der Waals surface area (Å²) in [5.41, 5.74) is 2.95. The van der Waals surface area contributed by atoms with Gasteiger partial charge < -0.3 is 9.88 Å². The van der Waals surface area contributed by atoms with Crippen LogP contribution in [0.2, 0.25) is 0 Å². The molecule has 5 nitrogen and oxygen atoms in total. The minimum atomic E-state index is -0.00857. The first kappa shape index (κ1) is 20.9. The molecular weight excluding hydrogens is 348 g/mol. The average Bonchev–Trinajstić information content (AvgIpc) is 3.02. The van der Waals surface area contributed by atoms with E-state index in [0.717, 1.165) is 55.2 Å². The molecule has 0 spiro atoms. The number of nitrogens with one attached hydrogen (secondary N) is 1. The summed E-state index contributed by atoms with van der Waals surface area (Å²) >= 11 is 0. The lowest BCUT2D eigenvalue weighted by Gasteiger charge is -2.33. The van der Waals surface area contributed by atoms with Crippen LogP contribution in [0, 0.1) is 18.8 Å². The zero-order valence-corrected chi connectivity index (χ0v) is 18.5. The predicted octanol–water partition coefficient (Wildman–Crippen LogP) is 4.96. The molecule has 3 rings (SSSR count). The van der Waals surface area contributed by atoms with Gasteiger partial charge in [-0.1, -0.05) is 52.9 Å². The fourth-order valence-corrected chi connectivity index (χ4v) is 4.78. The summed E-state index contributed by atoms with van der Waals surface area (Å²) in [6.45, 7) is 10.9. The maximum absolute atomic E-state index is 13.0. The highest BCUT2D eigenvalue weighted by Crippen LogP contribution is 2.31. The normalized spacial score (nSPS) is 16.6. The lowest BCUT2D eigenvalue weighted by Crippen LogP contribution is -2.36. The van der Waals surface area contributed by atoms with E-state index in [2.05, 4.69) is 42.7 Å². The first-order valence-electron chi connectivity index (χ1n) is 11.3. The summed E-state index contributed by atoms with van der Waals surface area (Å²) in [7, 11) is 1.88. The SMILES string of the molecule is CCCc1nn(C)c2c(=O)[nH]c(N(CC(C)CC)CC3CCCCC3)c(C)c12. The van der Waals surface area contributed by atoms with Gasteiger partial charge in [0, 0.05) is 31.1 Å². The number of fused-ring (bicyclic) bond motifs is 1. The molecule has 0 saturated heterocycles. The van der Waals surface area contributed by atoms with E-state index in [-0.39, 0.29) is 5.56 Å². The Morgan fingerprint density at radius 3 is 2.61 bits per heavy atom. The van der Waals surface area contributed by atoms with E-state index in [1.165, 1.54) is 37.7 Å². The molecule has 1 atom stereocenters. The Morgan fingerprint density at radius 1 is 1.25 bits per heavy atom. The highest BCUT2D eigenvalue weighted by Gasteiger charge is 2.24. The maximum atomic E-state index is 13.0. The zero-order chi connectivity index (χ0) is 20.3. The van der Waals surface area contributed by atoms with E-state index in [1.807, 2.05) is 7.05 Å². The number of nitrogens with zero attached hydrogens (tertiary/aromatic N) is 3. The van der Waals surface area contributed by atoms with Crippen molar-refractivity contribution in [2.75, 3.05) is 18.0 Å². The Hall–Kier alpha value is -1.78. The van der Waals surface area contributed by atoms with Gasteiger partial charge in [-0.15, -0.1) is 0 Å². The molecular formula is C23H38N4O. The molecule has 5 heteroatoms. The van der Waals surface area contributed by atoms with Crippen molar-refractivity contribution in [3.05, 3.63) is 21.6 Å². The Labute approximate surface area is 169 Å². The minimum absolute atomic E-state index is 0.00857. The first-order chi connectivity index (χ1) is 13.5. The number of aromatic nitrogens is 3. The number of aryl methyl sites for hydroxylation is 3. The molecule has 0 aliphatic heterocycles. The highest BCUT2D eigenvalue weighted by molar-refractivity contribution is 5.88. The number of H-pyrrole nitrogens is 1.